The molecule has 1 aliphatic rings. The number of carboxylic acids is 1. The van der Waals surface area contributed by atoms with Gasteiger partial charge in [0.15, 0.2) is 0 Å². The number of benzene rings is 1. The SMILES string of the molecule is CCC1(C(=O)O)CCCN1C(=O)c1cc(Cl)ccc1I. The van der Waals surface area contributed by atoms with Crippen molar-refractivity contribution in [3.63, 3.8) is 0 Å². The van der Waals surface area contributed by atoms with Crippen LogP contribution in [0.4, 0.5) is 0 Å². The van der Waals surface area contributed by atoms with Crippen LogP contribution in [0.3, 0.4) is 0 Å². The smallest absolute Gasteiger partial charge is 0.329 e. The number of nitrogens with zero attached hydrogens (tertiary/aromatic N) is 1. The van der Waals surface area contributed by atoms with Gasteiger partial charge in [-0.05, 0) is 60.1 Å². The van der Waals surface area contributed by atoms with Gasteiger partial charge in [0, 0.05) is 15.1 Å². The monoisotopic (exact) mass is 407 g/mol. The predicted molar refractivity (Wildman–Crippen MR) is 85.1 cm³/mol. The molecule has 1 N–H and O–H groups in total. The molecule has 1 aliphatic heterocycles. The van der Waals surface area contributed by atoms with E-state index in [4.69, 9.17) is 11.6 Å². The van der Waals surface area contributed by atoms with E-state index in [1.807, 2.05) is 6.92 Å². The zero-order valence-electron chi connectivity index (χ0n) is 11.0. The Morgan fingerprint density at radius 3 is 2.80 bits per heavy atom. The first-order valence-corrected chi connectivity index (χ1v) is 7.88. The highest BCUT2D eigenvalue weighted by atomic mass is 127. The van der Waals surface area contributed by atoms with Gasteiger partial charge in [-0.3, -0.25) is 4.79 Å². The van der Waals surface area contributed by atoms with Gasteiger partial charge in [-0.15, -0.1) is 0 Å². The highest BCUT2D eigenvalue weighted by Crippen LogP contribution is 2.35. The van der Waals surface area contributed by atoms with Gasteiger partial charge in [0.05, 0.1) is 5.56 Å². The van der Waals surface area contributed by atoms with E-state index in [0.717, 1.165) is 3.57 Å². The van der Waals surface area contributed by atoms with Gasteiger partial charge in [-0.1, -0.05) is 18.5 Å². The molecule has 0 saturated carbocycles. The predicted octanol–water partition coefficient (Wildman–Crippen LogP) is 3.41. The standard InChI is InChI=1S/C14H15ClINO3/c1-2-14(13(19)20)6-3-7-17(14)12(18)10-8-9(15)4-5-11(10)16/h4-5,8H,2-3,6-7H2,1H3,(H,19,20). The first-order chi connectivity index (χ1) is 9.42. The van der Waals surface area contributed by atoms with E-state index in [9.17, 15) is 14.7 Å². The maximum absolute atomic E-state index is 12.7. The topological polar surface area (TPSA) is 57.6 Å². The highest BCUT2D eigenvalue weighted by Gasteiger charge is 2.48. The van der Waals surface area contributed by atoms with E-state index < -0.39 is 11.5 Å². The summed E-state index contributed by atoms with van der Waals surface area (Å²) in [6, 6.07) is 5.08. The van der Waals surface area contributed by atoms with Crippen LogP contribution in [0.5, 0.6) is 0 Å². The molecule has 1 heterocycles. The number of amides is 1. The molecular formula is C14H15ClINO3. The van der Waals surface area contributed by atoms with E-state index in [0.29, 0.717) is 36.4 Å². The summed E-state index contributed by atoms with van der Waals surface area (Å²) >= 11 is 8.01. The molecular weight excluding hydrogens is 393 g/mol. The molecule has 6 heteroatoms. The summed E-state index contributed by atoms with van der Waals surface area (Å²) in [5, 5.41) is 10.0. The van der Waals surface area contributed by atoms with Crippen LogP contribution in [-0.4, -0.2) is 34.0 Å². The van der Waals surface area contributed by atoms with E-state index in [2.05, 4.69) is 22.6 Å². The average molecular weight is 408 g/mol. The molecule has 0 bridgehead atoms. The number of rotatable bonds is 3. The van der Waals surface area contributed by atoms with Crippen molar-refractivity contribution < 1.29 is 14.7 Å². The van der Waals surface area contributed by atoms with Crippen molar-refractivity contribution in [2.45, 2.75) is 31.7 Å². The van der Waals surface area contributed by atoms with Crippen molar-refractivity contribution in [2.75, 3.05) is 6.54 Å². The maximum Gasteiger partial charge on any atom is 0.329 e. The van der Waals surface area contributed by atoms with Gasteiger partial charge in [-0.2, -0.15) is 0 Å². The second kappa shape index (κ2) is 5.89. The summed E-state index contributed by atoms with van der Waals surface area (Å²) in [4.78, 5) is 25.8. The Morgan fingerprint density at radius 1 is 1.50 bits per heavy atom. The molecule has 0 spiro atoms. The fraction of sp³-hybridized carbons (Fsp3) is 0.429. The van der Waals surface area contributed by atoms with Crippen LogP contribution >= 0.6 is 34.2 Å². The normalized spacial score (nSPS) is 22.1. The van der Waals surface area contributed by atoms with E-state index in [-0.39, 0.29) is 5.91 Å². The molecule has 0 radical (unpaired) electrons. The van der Waals surface area contributed by atoms with Gasteiger partial charge in [0.25, 0.3) is 5.91 Å². The van der Waals surface area contributed by atoms with Crippen LogP contribution in [-0.2, 0) is 4.79 Å². The van der Waals surface area contributed by atoms with Gasteiger partial charge >= 0.3 is 5.97 Å². The third-order valence-electron chi connectivity index (χ3n) is 3.88. The van der Waals surface area contributed by atoms with Crippen LogP contribution in [0.25, 0.3) is 0 Å². The molecule has 1 amide bonds. The van der Waals surface area contributed by atoms with Crippen molar-refractivity contribution >= 4 is 46.1 Å². The third-order valence-corrected chi connectivity index (χ3v) is 5.05. The lowest BCUT2D eigenvalue weighted by Gasteiger charge is -2.34. The number of likely N-dealkylation sites (tertiary alicyclic amines) is 1. The summed E-state index contributed by atoms with van der Waals surface area (Å²) in [6.45, 7) is 2.28. The number of halogens is 2. The minimum atomic E-state index is -1.08. The summed E-state index contributed by atoms with van der Waals surface area (Å²) in [5.41, 5.74) is -0.610. The molecule has 1 saturated heterocycles. The maximum atomic E-state index is 12.7. The minimum absolute atomic E-state index is 0.251. The molecule has 1 unspecified atom stereocenters. The number of carbonyl (C=O) groups is 2. The van der Waals surface area contributed by atoms with Crippen LogP contribution < -0.4 is 0 Å². The van der Waals surface area contributed by atoms with Gasteiger partial charge in [0.2, 0.25) is 0 Å². The average Bonchev–Trinajstić information content (AvgIpc) is 2.85. The van der Waals surface area contributed by atoms with Gasteiger partial charge in [0.1, 0.15) is 5.54 Å². The summed E-state index contributed by atoms with van der Waals surface area (Å²) in [6.07, 6.45) is 1.62. The summed E-state index contributed by atoms with van der Waals surface area (Å²) in [7, 11) is 0. The molecule has 1 atom stereocenters. The molecule has 1 aromatic rings. The molecule has 2 rings (SSSR count). The first kappa shape index (κ1) is 15.6. The number of carboxylic acid groups (broad SMARTS) is 1. The Morgan fingerprint density at radius 2 is 2.20 bits per heavy atom. The van der Waals surface area contributed by atoms with Crippen molar-refractivity contribution in [3.8, 4) is 0 Å². The lowest BCUT2D eigenvalue weighted by atomic mass is 9.92. The Balaban J connectivity index is 2.42. The Bertz CT molecular complexity index is 563. The first-order valence-electron chi connectivity index (χ1n) is 6.43. The Kier molecular flexibility index (Phi) is 4.59. The third kappa shape index (κ3) is 2.53. The molecule has 0 aromatic heterocycles. The zero-order valence-corrected chi connectivity index (χ0v) is 13.9. The quantitative estimate of drug-likeness (QED) is 0.781. The van der Waals surface area contributed by atoms with Crippen molar-refractivity contribution in [3.05, 3.63) is 32.4 Å². The fourth-order valence-corrected chi connectivity index (χ4v) is 3.46. The van der Waals surface area contributed by atoms with E-state index >= 15 is 0 Å². The van der Waals surface area contributed by atoms with Crippen LogP contribution in [0.2, 0.25) is 5.02 Å². The second-order valence-electron chi connectivity index (χ2n) is 4.87. The minimum Gasteiger partial charge on any atom is -0.479 e. The second-order valence-corrected chi connectivity index (χ2v) is 6.47. The van der Waals surface area contributed by atoms with Crippen molar-refractivity contribution in [1.82, 2.24) is 4.90 Å². The Labute approximate surface area is 136 Å². The van der Waals surface area contributed by atoms with Gasteiger partial charge < -0.3 is 10.0 Å². The summed E-state index contributed by atoms with van der Waals surface area (Å²) in [5.74, 6) is -1.18. The van der Waals surface area contributed by atoms with Crippen LogP contribution in [0.15, 0.2) is 18.2 Å². The molecule has 0 aliphatic carbocycles. The molecule has 4 nitrogen and oxygen atoms in total. The van der Waals surface area contributed by atoms with Crippen LogP contribution in [0.1, 0.15) is 36.5 Å². The molecule has 20 heavy (non-hydrogen) atoms. The van der Waals surface area contributed by atoms with E-state index in [1.165, 1.54) is 4.90 Å². The van der Waals surface area contributed by atoms with Crippen LogP contribution in [0, 0.1) is 3.57 Å². The van der Waals surface area contributed by atoms with E-state index in [1.54, 1.807) is 18.2 Å². The van der Waals surface area contributed by atoms with Crippen molar-refractivity contribution in [1.29, 1.82) is 0 Å². The fourth-order valence-electron chi connectivity index (χ4n) is 2.72. The van der Waals surface area contributed by atoms with Gasteiger partial charge in [-0.25, -0.2) is 4.79 Å². The largest absolute Gasteiger partial charge is 0.479 e. The number of hydrogen-bond donors (Lipinski definition) is 1. The number of carbonyl (C=O) groups excluding carboxylic acids is 1. The molecule has 108 valence electrons. The highest BCUT2D eigenvalue weighted by molar-refractivity contribution is 14.1. The lowest BCUT2D eigenvalue weighted by Crippen LogP contribution is -2.52. The van der Waals surface area contributed by atoms with Crippen molar-refractivity contribution in [2.24, 2.45) is 0 Å². The molecule has 1 aromatic carbocycles. The number of aliphatic carboxylic acids is 1. The number of hydrogen-bond acceptors (Lipinski definition) is 2. The molecule has 1 fully saturated rings. The summed E-state index contributed by atoms with van der Waals surface area (Å²) < 4.78 is 0.777. The Hall–Kier alpha value is -0.820. The zero-order chi connectivity index (χ0) is 14.9. The lowest BCUT2D eigenvalue weighted by molar-refractivity contribution is -0.148.